The third kappa shape index (κ3) is 3.06. The lowest BCUT2D eigenvalue weighted by Crippen LogP contribution is -2.23. The molecule has 1 atom stereocenters. The lowest BCUT2D eigenvalue weighted by atomic mass is 9.82. The standard InChI is InChI=1S/C14H16F2O2/c1-14(15,16)18-13-9-5-3-7-11(13)10-6-2-4-8-12(10)17/h3,5,7,9-10H,2,4,6,8H2,1H3. The van der Waals surface area contributed by atoms with E-state index in [2.05, 4.69) is 4.74 Å². The van der Waals surface area contributed by atoms with Crippen molar-refractivity contribution in [2.45, 2.75) is 44.6 Å². The first-order valence-electron chi connectivity index (χ1n) is 6.16. The molecule has 2 nitrogen and oxygen atoms in total. The molecule has 18 heavy (non-hydrogen) atoms. The predicted octanol–water partition coefficient (Wildman–Crippen LogP) is 3.90. The number of benzene rings is 1. The van der Waals surface area contributed by atoms with E-state index in [9.17, 15) is 13.6 Å². The molecule has 0 heterocycles. The Morgan fingerprint density at radius 3 is 2.67 bits per heavy atom. The second-order valence-corrected chi connectivity index (χ2v) is 4.71. The minimum Gasteiger partial charge on any atom is -0.432 e. The fraction of sp³-hybridized carbons (Fsp3) is 0.500. The number of ketones is 1. The number of Topliss-reactive ketones (excluding diaryl/α,β-unsaturated/α-hetero) is 1. The van der Waals surface area contributed by atoms with Crippen molar-refractivity contribution in [3.63, 3.8) is 0 Å². The smallest absolute Gasteiger partial charge is 0.394 e. The molecule has 98 valence electrons. The highest BCUT2D eigenvalue weighted by molar-refractivity contribution is 5.87. The van der Waals surface area contributed by atoms with Crippen LogP contribution in [0.25, 0.3) is 0 Å². The van der Waals surface area contributed by atoms with E-state index >= 15 is 0 Å². The normalized spacial score (nSPS) is 20.8. The molecule has 0 saturated heterocycles. The van der Waals surface area contributed by atoms with E-state index in [1.54, 1.807) is 18.2 Å². The number of halogens is 2. The topological polar surface area (TPSA) is 26.3 Å². The van der Waals surface area contributed by atoms with E-state index in [0.717, 1.165) is 12.8 Å². The van der Waals surface area contributed by atoms with Gasteiger partial charge in [0.1, 0.15) is 11.5 Å². The van der Waals surface area contributed by atoms with Gasteiger partial charge in [-0.2, -0.15) is 8.78 Å². The molecule has 1 saturated carbocycles. The van der Waals surface area contributed by atoms with Crippen molar-refractivity contribution in [1.29, 1.82) is 0 Å². The monoisotopic (exact) mass is 254 g/mol. The van der Waals surface area contributed by atoms with Crippen molar-refractivity contribution in [3.8, 4) is 5.75 Å². The van der Waals surface area contributed by atoms with E-state index in [1.165, 1.54) is 6.07 Å². The third-order valence-corrected chi connectivity index (χ3v) is 3.14. The first kappa shape index (κ1) is 13.0. The number of hydrogen-bond acceptors (Lipinski definition) is 2. The van der Waals surface area contributed by atoms with Crippen LogP contribution in [-0.4, -0.2) is 11.9 Å². The summed E-state index contributed by atoms with van der Waals surface area (Å²) in [7, 11) is 0. The summed E-state index contributed by atoms with van der Waals surface area (Å²) >= 11 is 0. The number of rotatable bonds is 3. The molecule has 1 aromatic carbocycles. The van der Waals surface area contributed by atoms with Gasteiger partial charge in [-0.1, -0.05) is 24.6 Å². The van der Waals surface area contributed by atoms with E-state index in [4.69, 9.17) is 0 Å². The molecule has 0 bridgehead atoms. The number of ether oxygens (including phenoxy) is 1. The maximum Gasteiger partial charge on any atom is 0.394 e. The van der Waals surface area contributed by atoms with E-state index in [0.29, 0.717) is 25.3 Å². The molecule has 1 fully saturated rings. The molecule has 1 aromatic rings. The van der Waals surface area contributed by atoms with Gasteiger partial charge < -0.3 is 4.74 Å². The van der Waals surface area contributed by atoms with Crippen LogP contribution in [0.15, 0.2) is 24.3 Å². The zero-order valence-electron chi connectivity index (χ0n) is 10.3. The molecule has 0 radical (unpaired) electrons. The van der Waals surface area contributed by atoms with Crippen molar-refractivity contribution in [3.05, 3.63) is 29.8 Å². The maximum absolute atomic E-state index is 12.9. The number of hydrogen-bond donors (Lipinski definition) is 0. The minimum atomic E-state index is -3.23. The average Bonchev–Trinajstić information content (AvgIpc) is 2.29. The number of carbonyl (C=O) groups excluding carboxylic acids is 1. The van der Waals surface area contributed by atoms with Crippen molar-refractivity contribution < 1.29 is 18.3 Å². The van der Waals surface area contributed by atoms with Crippen molar-refractivity contribution >= 4 is 5.78 Å². The Kier molecular flexibility index (Phi) is 3.64. The third-order valence-electron chi connectivity index (χ3n) is 3.14. The Hall–Kier alpha value is -1.45. The van der Waals surface area contributed by atoms with Crippen LogP contribution in [-0.2, 0) is 4.79 Å². The van der Waals surface area contributed by atoms with E-state index in [-0.39, 0.29) is 17.5 Å². The number of para-hydroxylation sites is 1. The van der Waals surface area contributed by atoms with Crippen LogP contribution in [0.5, 0.6) is 5.75 Å². The highest BCUT2D eigenvalue weighted by atomic mass is 19.3. The van der Waals surface area contributed by atoms with Crippen LogP contribution in [0.3, 0.4) is 0 Å². The van der Waals surface area contributed by atoms with Gasteiger partial charge in [-0.25, -0.2) is 0 Å². The Balaban J connectivity index is 2.29. The van der Waals surface area contributed by atoms with Gasteiger partial charge in [0.15, 0.2) is 0 Å². The summed E-state index contributed by atoms with van der Waals surface area (Å²) in [6.45, 7) is 0.701. The van der Waals surface area contributed by atoms with Gasteiger partial charge >= 0.3 is 6.11 Å². The molecule has 0 amide bonds. The summed E-state index contributed by atoms with van der Waals surface area (Å²) in [5, 5.41) is 0. The van der Waals surface area contributed by atoms with Crippen LogP contribution in [0.2, 0.25) is 0 Å². The van der Waals surface area contributed by atoms with Gasteiger partial charge in [-0.3, -0.25) is 4.79 Å². The van der Waals surface area contributed by atoms with Gasteiger partial charge in [0.2, 0.25) is 0 Å². The second kappa shape index (κ2) is 5.04. The molecule has 0 N–H and O–H groups in total. The SMILES string of the molecule is CC(F)(F)Oc1ccccc1C1CCCCC1=O. The summed E-state index contributed by atoms with van der Waals surface area (Å²) < 4.78 is 30.5. The molecular weight excluding hydrogens is 238 g/mol. The quantitative estimate of drug-likeness (QED) is 0.817. The van der Waals surface area contributed by atoms with Crippen molar-refractivity contribution in [1.82, 2.24) is 0 Å². The fourth-order valence-electron chi connectivity index (χ4n) is 2.37. The van der Waals surface area contributed by atoms with Crippen LogP contribution < -0.4 is 4.74 Å². The van der Waals surface area contributed by atoms with Crippen molar-refractivity contribution in [2.75, 3.05) is 0 Å². The molecule has 1 aliphatic rings. The summed E-state index contributed by atoms with van der Waals surface area (Å²) in [5.74, 6) is -0.0562. The molecule has 4 heteroatoms. The lowest BCUT2D eigenvalue weighted by Gasteiger charge is -2.24. The summed E-state index contributed by atoms with van der Waals surface area (Å²) in [6, 6.07) is 6.58. The number of alkyl halides is 2. The Bertz CT molecular complexity index is 438. The molecule has 1 unspecified atom stereocenters. The summed E-state index contributed by atoms with van der Waals surface area (Å²) in [5.41, 5.74) is 0.587. The lowest BCUT2D eigenvalue weighted by molar-refractivity contribution is -0.159. The van der Waals surface area contributed by atoms with Gasteiger partial charge in [-0.05, 0) is 18.9 Å². The fourth-order valence-corrected chi connectivity index (χ4v) is 2.37. The highest BCUT2D eigenvalue weighted by Crippen LogP contribution is 2.36. The Morgan fingerprint density at radius 1 is 1.28 bits per heavy atom. The Morgan fingerprint density at radius 2 is 2.00 bits per heavy atom. The van der Waals surface area contributed by atoms with Crippen molar-refractivity contribution in [2.24, 2.45) is 0 Å². The molecule has 0 aliphatic heterocycles. The van der Waals surface area contributed by atoms with E-state index < -0.39 is 6.11 Å². The van der Waals surface area contributed by atoms with Crippen LogP contribution in [0.1, 0.15) is 44.1 Å². The summed E-state index contributed by atoms with van der Waals surface area (Å²) in [4.78, 5) is 11.9. The molecule has 0 aromatic heterocycles. The average molecular weight is 254 g/mol. The first-order valence-corrected chi connectivity index (χ1v) is 6.16. The van der Waals surface area contributed by atoms with Gasteiger partial charge in [0.25, 0.3) is 0 Å². The number of carbonyl (C=O) groups is 1. The molecule has 2 rings (SSSR count). The second-order valence-electron chi connectivity index (χ2n) is 4.71. The first-order chi connectivity index (χ1) is 8.47. The highest BCUT2D eigenvalue weighted by Gasteiger charge is 2.30. The minimum absolute atomic E-state index is 0.116. The van der Waals surface area contributed by atoms with Gasteiger partial charge in [0, 0.05) is 24.8 Å². The zero-order valence-corrected chi connectivity index (χ0v) is 10.3. The van der Waals surface area contributed by atoms with Crippen LogP contribution >= 0.6 is 0 Å². The van der Waals surface area contributed by atoms with E-state index in [1.807, 2.05) is 0 Å². The predicted molar refractivity (Wildman–Crippen MR) is 63.9 cm³/mol. The largest absolute Gasteiger partial charge is 0.432 e. The Labute approximate surface area is 105 Å². The van der Waals surface area contributed by atoms with Crippen LogP contribution in [0, 0.1) is 0 Å². The maximum atomic E-state index is 12.9. The summed E-state index contributed by atoms with van der Waals surface area (Å²) in [6.07, 6.45) is -0.140. The van der Waals surface area contributed by atoms with Gasteiger partial charge in [-0.15, -0.1) is 0 Å². The molecule has 1 aliphatic carbocycles. The zero-order chi connectivity index (χ0) is 13.2. The van der Waals surface area contributed by atoms with Crippen LogP contribution in [0.4, 0.5) is 8.78 Å². The molecular formula is C14H16F2O2. The molecule has 0 spiro atoms. The van der Waals surface area contributed by atoms with Gasteiger partial charge in [0.05, 0.1) is 0 Å².